The Bertz CT molecular complexity index is 651. The molecule has 22 heavy (non-hydrogen) atoms. The molecule has 1 aromatic rings. The number of hydrogen-bond donors (Lipinski definition) is 3. The SMILES string of the molecule is O=C(OCCO)c1ccc(C(=O)OCCO)c(S(=O)(=O)O)c1. The number of aliphatic hydroxyl groups is 2. The quantitative estimate of drug-likeness (QED) is 0.432. The standard InChI is InChI=1S/C12H14O9S/c13-3-5-20-11(15)8-1-2-9(12(16)21-6-4-14)10(7-8)22(17,18)19/h1-2,7,13-14H,3-6H2,(H,17,18,19). The first-order chi connectivity index (χ1) is 10.3. The van der Waals surface area contributed by atoms with Crippen LogP contribution in [0.2, 0.25) is 0 Å². The number of carbonyl (C=O) groups excluding carboxylic acids is 2. The Kier molecular flexibility index (Phi) is 6.43. The minimum Gasteiger partial charge on any atom is -0.460 e. The van der Waals surface area contributed by atoms with Crippen molar-refractivity contribution in [1.29, 1.82) is 0 Å². The molecule has 0 saturated heterocycles. The lowest BCUT2D eigenvalue weighted by atomic mass is 10.1. The van der Waals surface area contributed by atoms with Crippen LogP contribution in [-0.4, -0.2) is 61.5 Å². The third kappa shape index (κ3) is 4.77. The molecule has 0 saturated carbocycles. The maximum Gasteiger partial charge on any atom is 0.339 e. The Hall–Kier alpha value is -2.01. The van der Waals surface area contributed by atoms with Crippen molar-refractivity contribution in [3.63, 3.8) is 0 Å². The van der Waals surface area contributed by atoms with Crippen LogP contribution in [0, 0.1) is 0 Å². The van der Waals surface area contributed by atoms with E-state index in [0.717, 1.165) is 18.2 Å². The van der Waals surface area contributed by atoms with Gasteiger partial charge in [0.15, 0.2) is 0 Å². The Morgan fingerprint density at radius 1 is 1.00 bits per heavy atom. The number of hydrogen-bond acceptors (Lipinski definition) is 8. The highest BCUT2D eigenvalue weighted by atomic mass is 32.2. The first kappa shape index (κ1) is 18.0. The molecular weight excluding hydrogens is 320 g/mol. The van der Waals surface area contributed by atoms with Gasteiger partial charge in [-0.1, -0.05) is 0 Å². The van der Waals surface area contributed by atoms with Crippen LogP contribution in [0.4, 0.5) is 0 Å². The molecule has 0 atom stereocenters. The van der Waals surface area contributed by atoms with Crippen LogP contribution in [0.25, 0.3) is 0 Å². The summed E-state index contributed by atoms with van der Waals surface area (Å²) in [5.74, 6) is -2.02. The number of rotatable bonds is 7. The first-order valence-corrected chi connectivity index (χ1v) is 7.42. The van der Waals surface area contributed by atoms with Gasteiger partial charge in [0.2, 0.25) is 0 Å². The fourth-order valence-corrected chi connectivity index (χ4v) is 2.17. The van der Waals surface area contributed by atoms with E-state index in [-0.39, 0.29) is 18.8 Å². The van der Waals surface area contributed by atoms with E-state index < -0.39 is 45.7 Å². The Morgan fingerprint density at radius 3 is 2.05 bits per heavy atom. The van der Waals surface area contributed by atoms with Crippen molar-refractivity contribution >= 4 is 22.1 Å². The van der Waals surface area contributed by atoms with Crippen LogP contribution in [-0.2, 0) is 19.6 Å². The molecule has 10 heteroatoms. The van der Waals surface area contributed by atoms with E-state index in [9.17, 15) is 18.0 Å². The number of carbonyl (C=O) groups is 2. The lowest BCUT2D eigenvalue weighted by Gasteiger charge is -2.09. The number of ether oxygens (including phenoxy) is 2. The zero-order valence-electron chi connectivity index (χ0n) is 11.3. The van der Waals surface area contributed by atoms with Crippen LogP contribution in [0.1, 0.15) is 20.7 Å². The van der Waals surface area contributed by atoms with Crippen molar-refractivity contribution in [3.8, 4) is 0 Å². The molecule has 0 aliphatic carbocycles. The molecule has 0 spiro atoms. The zero-order valence-corrected chi connectivity index (χ0v) is 12.1. The van der Waals surface area contributed by atoms with E-state index in [0.29, 0.717) is 0 Å². The second-order valence-electron chi connectivity index (χ2n) is 3.91. The predicted molar refractivity (Wildman–Crippen MR) is 71.0 cm³/mol. The lowest BCUT2D eigenvalue weighted by molar-refractivity contribution is 0.0418. The second kappa shape index (κ2) is 7.84. The highest BCUT2D eigenvalue weighted by molar-refractivity contribution is 7.86. The Labute approximate surface area is 125 Å². The molecule has 0 aromatic heterocycles. The van der Waals surface area contributed by atoms with Gasteiger partial charge in [0.25, 0.3) is 10.1 Å². The molecular formula is C12H14O9S. The van der Waals surface area contributed by atoms with Crippen LogP contribution in [0.3, 0.4) is 0 Å². The third-order valence-corrected chi connectivity index (χ3v) is 3.26. The highest BCUT2D eigenvalue weighted by Crippen LogP contribution is 2.19. The van der Waals surface area contributed by atoms with Gasteiger partial charge in [-0.3, -0.25) is 4.55 Å². The molecule has 0 bridgehead atoms. The van der Waals surface area contributed by atoms with Crippen molar-refractivity contribution < 1.29 is 42.2 Å². The van der Waals surface area contributed by atoms with Crippen molar-refractivity contribution in [2.24, 2.45) is 0 Å². The Morgan fingerprint density at radius 2 is 1.55 bits per heavy atom. The summed E-state index contributed by atoms with van der Waals surface area (Å²) in [5.41, 5.74) is -0.727. The summed E-state index contributed by atoms with van der Waals surface area (Å²) in [6, 6.07) is 2.83. The normalized spacial score (nSPS) is 11.0. The summed E-state index contributed by atoms with van der Waals surface area (Å²) in [5, 5.41) is 17.1. The molecule has 1 aromatic carbocycles. The van der Waals surface area contributed by atoms with Crippen LogP contribution >= 0.6 is 0 Å². The molecule has 0 heterocycles. The summed E-state index contributed by atoms with van der Waals surface area (Å²) < 4.78 is 41.0. The van der Waals surface area contributed by atoms with Crippen molar-refractivity contribution in [1.82, 2.24) is 0 Å². The van der Waals surface area contributed by atoms with E-state index >= 15 is 0 Å². The van der Waals surface area contributed by atoms with E-state index in [2.05, 4.69) is 9.47 Å². The van der Waals surface area contributed by atoms with Crippen LogP contribution in [0.5, 0.6) is 0 Å². The van der Waals surface area contributed by atoms with E-state index in [1.165, 1.54) is 0 Å². The van der Waals surface area contributed by atoms with Gasteiger partial charge in [-0.15, -0.1) is 0 Å². The third-order valence-electron chi connectivity index (χ3n) is 2.36. The predicted octanol–water partition coefficient (Wildman–Crippen LogP) is -0.768. The fraction of sp³-hybridized carbons (Fsp3) is 0.333. The van der Waals surface area contributed by atoms with Crippen molar-refractivity contribution in [2.45, 2.75) is 4.90 Å². The summed E-state index contributed by atoms with van der Waals surface area (Å²) in [4.78, 5) is 22.4. The molecule has 0 aliphatic rings. The van der Waals surface area contributed by atoms with Gasteiger partial charge in [-0.2, -0.15) is 8.42 Å². The van der Waals surface area contributed by atoms with E-state index in [1.54, 1.807) is 0 Å². The molecule has 122 valence electrons. The molecule has 0 aliphatic heterocycles. The summed E-state index contributed by atoms with van der Waals surface area (Å²) >= 11 is 0. The van der Waals surface area contributed by atoms with Crippen LogP contribution in [0.15, 0.2) is 23.1 Å². The minimum absolute atomic E-state index is 0.236. The lowest BCUT2D eigenvalue weighted by Crippen LogP contribution is -2.15. The van der Waals surface area contributed by atoms with Gasteiger partial charge in [0.1, 0.15) is 18.1 Å². The average Bonchev–Trinajstić information content (AvgIpc) is 2.48. The minimum atomic E-state index is -4.80. The molecule has 1 rings (SSSR count). The van der Waals surface area contributed by atoms with Gasteiger partial charge in [0, 0.05) is 0 Å². The Balaban J connectivity index is 3.20. The monoisotopic (exact) mass is 334 g/mol. The molecule has 0 fully saturated rings. The fourth-order valence-electron chi connectivity index (χ4n) is 1.47. The molecule has 3 N–H and O–H groups in total. The number of esters is 2. The van der Waals surface area contributed by atoms with E-state index in [1.807, 2.05) is 0 Å². The largest absolute Gasteiger partial charge is 0.460 e. The zero-order chi connectivity index (χ0) is 16.8. The summed E-state index contributed by atoms with van der Waals surface area (Å²) in [6.07, 6.45) is 0. The molecule has 0 unspecified atom stereocenters. The van der Waals surface area contributed by atoms with Gasteiger partial charge < -0.3 is 19.7 Å². The van der Waals surface area contributed by atoms with E-state index in [4.69, 9.17) is 14.8 Å². The van der Waals surface area contributed by atoms with Crippen LogP contribution < -0.4 is 0 Å². The highest BCUT2D eigenvalue weighted by Gasteiger charge is 2.24. The van der Waals surface area contributed by atoms with Gasteiger partial charge >= 0.3 is 11.9 Å². The smallest absolute Gasteiger partial charge is 0.339 e. The first-order valence-electron chi connectivity index (χ1n) is 5.98. The number of benzene rings is 1. The second-order valence-corrected chi connectivity index (χ2v) is 5.30. The molecule has 9 nitrogen and oxygen atoms in total. The van der Waals surface area contributed by atoms with Gasteiger partial charge in [0.05, 0.1) is 24.3 Å². The summed E-state index contributed by atoms with van der Waals surface area (Å²) in [7, 11) is -4.80. The van der Waals surface area contributed by atoms with Gasteiger partial charge in [-0.25, -0.2) is 9.59 Å². The van der Waals surface area contributed by atoms with Gasteiger partial charge in [-0.05, 0) is 18.2 Å². The maximum atomic E-state index is 11.7. The average molecular weight is 334 g/mol. The topological polar surface area (TPSA) is 147 Å². The molecule has 0 radical (unpaired) electrons. The summed E-state index contributed by atoms with van der Waals surface area (Å²) in [6.45, 7) is -1.52. The number of aliphatic hydroxyl groups excluding tert-OH is 2. The van der Waals surface area contributed by atoms with Crippen molar-refractivity contribution in [3.05, 3.63) is 29.3 Å². The van der Waals surface area contributed by atoms with Crippen molar-refractivity contribution in [2.75, 3.05) is 26.4 Å². The molecule has 0 amide bonds. The maximum absolute atomic E-state index is 11.7.